The highest BCUT2D eigenvalue weighted by Crippen LogP contribution is 2.39. The number of hydrogen-bond donors (Lipinski definition) is 0. The average Bonchev–Trinajstić information content (AvgIpc) is 3.48. The zero-order valence-electron chi connectivity index (χ0n) is 25.1. The van der Waals surface area contributed by atoms with Crippen LogP contribution in [0.4, 0.5) is 11.4 Å². The summed E-state index contributed by atoms with van der Waals surface area (Å²) in [6.45, 7) is 6.08. The van der Waals surface area contributed by atoms with Crippen molar-refractivity contribution in [2.45, 2.75) is 4.90 Å². The Bertz CT molecular complexity index is 2120. The maximum atomic E-state index is 14.2. The number of pyridine rings is 3. The summed E-state index contributed by atoms with van der Waals surface area (Å²) in [5, 5.41) is 1.48. The van der Waals surface area contributed by atoms with Gasteiger partial charge in [-0.05, 0) is 54.6 Å². The molecular formula is C35H32N6O4S. The van der Waals surface area contributed by atoms with Gasteiger partial charge in [0.05, 0.1) is 72.0 Å². The van der Waals surface area contributed by atoms with Crippen molar-refractivity contribution in [3.05, 3.63) is 97.5 Å². The third-order valence-electron chi connectivity index (χ3n) is 8.71. The Morgan fingerprint density at radius 1 is 0.652 bits per heavy atom. The third kappa shape index (κ3) is 5.06. The van der Waals surface area contributed by atoms with Crippen LogP contribution in [0.2, 0.25) is 0 Å². The van der Waals surface area contributed by atoms with E-state index in [4.69, 9.17) is 19.4 Å². The lowest BCUT2D eigenvalue weighted by atomic mass is 10.0. The van der Waals surface area contributed by atoms with Crippen molar-refractivity contribution in [1.29, 1.82) is 0 Å². The fourth-order valence-corrected chi connectivity index (χ4v) is 7.83. The molecule has 4 aromatic heterocycles. The molecule has 2 aliphatic rings. The number of morpholine rings is 2. The predicted molar refractivity (Wildman–Crippen MR) is 179 cm³/mol. The number of ether oxygens (including phenoxy) is 2. The monoisotopic (exact) mass is 632 g/mol. The first-order valence-corrected chi connectivity index (χ1v) is 16.8. The van der Waals surface area contributed by atoms with Crippen LogP contribution in [0.5, 0.6) is 0 Å². The van der Waals surface area contributed by atoms with Crippen molar-refractivity contribution in [2.24, 2.45) is 0 Å². The van der Waals surface area contributed by atoms with Gasteiger partial charge >= 0.3 is 0 Å². The molecule has 11 heteroatoms. The summed E-state index contributed by atoms with van der Waals surface area (Å²) in [6, 6.07) is 24.3. The maximum absolute atomic E-state index is 14.2. The van der Waals surface area contributed by atoms with Crippen molar-refractivity contribution in [2.75, 3.05) is 62.4 Å². The molecule has 0 aliphatic carbocycles. The molecule has 0 N–H and O–H groups in total. The Kier molecular flexibility index (Phi) is 7.36. The maximum Gasteiger partial charge on any atom is 0.269 e. The summed E-state index contributed by atoms with van der Waals surface area (Å²) in [4.78, 5) is 19.0. The highest BCUT2D eigenvalue weighted by molar-refractivity contribution is 7.90. The van der Waals surface area contributed by atoms with Gasteiger partial charge in [0, 0.05) is 54.3 Å². The van der Waals surface area contributed by atoms with E-state index < -0.39 is 10.0 Å². The molecule has 232 valence electrons. The Hall–Kier alpha value is -4.84. The SMILES string of the molecule is O=S(=O)(c1ccccc1)n1c2ccc(-c3ccc(N4CCOCC4)cn3)cc2c2c(-c3ccc(N4CCOCC4)cn3)ccnc21. The predicted octanol–water partition coefficient (Wildman–Crippen LogP) is 5.22. The molecule has 46 heavy (non-hydrogen) atoms. The van der Waals surface area contributed by atoms with E-state index in [9.17, 15) is 8.42 Å². The van der Waals surface area contributed by atoms with Gasteiger partial charge in [0.2, 0.25) is 0 Å². The lowest BCUT2D eigenvalue weighted by molar-refractivity contribution is 0.122. The first kappa shape index (κ1) is 28.6. The van der Waals surface area contributed by atoms with Crippen molar-refractivity contribution in [3.63, 3.8) is 0 Å². The molecule has 6 heterocycles. The largest absolute Gasteiger partial charge is 0.378 e. The molecule has 2 aliphatic heterocycles. The van der Waals surface area contributed by atoms with Gasteiger partial charge in [0.25, 0.3) is 10.0 Å². The van der Waals surface area contributed by atoms with E-state index in [0.29, 0.717) is 37.6 Å². The number of aromatic nitrogens is 4. The minimum atomic E-state index is -3.98. The second kappa shape index (κ2) is 11.8. The summed E-state index contributed by atoms with van der Waals surface area (Å²) >= 11 is 0. The van der Waals surface area contributed by atoms with E-state index >= 15 is 0 Å². The van der Waals surface area contributed by atoms with Crippen LogP contribution in [0, 0.1) is 0 Å². The van der Waals surface area contributed by atoms with Gasteiger partial charge in [-0.25, -0.2) is 17.4 Å². The van der Waals surface area contributed by atoms with Crippen molar-refractivity contribution < 1.29 is 17.9 Å². The lowest BCUT2D eigenvalue weighted by Gasteiger charge is -2.28. The molecule has 2 aromatic carbocycles. The normalized spacial score (nSPS) is 15.9. The highest BCUT2D eigenvalue weighted by Gasteiger charge is 2.26. The Labute approximate surface area is 266 Å². The summed E-state index contributed by atoms with van der Waals surface area (Å²) < 4.78 is 40.8. The summed E-state index contributed by atoms with van der Waals surface area (Å²) in [7, 11) is -3.98. The summed E-state index contributed by atoms with van der Waals surface area (Å²) in [6.07, 6.45) is 5.41. The number of rotatable bonds is 6. The van der Waals surface area contributed by atoms with Gasteiger partial charge < -0.3 is 19.3 Å². The Morgan fingerprint density at radius 3 is 1.89 bits per heavy atom. The van der Waals surface area contributed by atoms with Crippen LogP contribution in [0.1, 0.15) is 0 Å². The Morgan fingerprint density at radius 2 is 1.28 bits per heavy atom. The van der Waals surface area contributed by atoms with E-state index in [1.165, 1.54) is 3.97 Å². The van der Waals surface area contributed by atoms with Crippen molar-refractivity contribution >= 4 is 43.3 Å². The van der Waals surface area contributed by atoms with Gasteiger partial charge in [0.1, 0.15) is 0 Å². The Balaban J connectivity index is 1.29. The molecule has 2 saturated heterocycles. The molecule has 0 atom stereocenters. The first-order valence-electron chi connectivity index (χ1n) is 15.4. The molecule has 0 bridgehead atoms. The lowest BCUT2D eigenvalue weighted by Crippen LogP contribution is -2.36. The quantitative estimate of drug-likeness (QED) is 0.244. The van der Waals surface area contributed by atoms with E-state index in [-0.39, 0.29) is 4.90 Å². The molecule has 10 nitrogen and oxygen atoms in total. The van der Waals surface area contributed by atoms with Gasteiger partial charge in [-0.15, -0.1) is 0 Å². The third-order valence-corrected chi connectivity index (χ3v) is 10.4. The highest BCUT2D eigenvalue weighted by atomic mass is 32.2. The number of hydrogen-bond acceptors (Lipinski definition) is 9. The van der Waals surface area contributed by atoms with E-state index in [2.05, 4.69) is 26.9 Å². The second-order valence-corrected chi connectivity index (χ2v) is 13.2. The van der Waals surface area contributed by atoms with E-state index in [1.807, 2.05) is 48.8 Å². The zero-order valence-corrected chi connectivity index (χ0v) is 25.9. The van der Waals surface area contributed by atoms with Crippen LogP contribution in [0.25, 0.3) is 44.5 Å². The number of fused-ring (bicyclic) bond motifs is 3. The second-order valence-electron chi connectivity index (χ2n) is 11.4. The standard InChI is InChI=1S/C35H32N6O4S/c42-46(43,28-4-2-1-3-5-28)41-33-11-6-25(31-9-7-26(23-37-31)39-14-18-44-19-15-39)22-30(33)34-29(12-13-36-35(34)41)32-10-8-27(24-38-32)40-16-20-45-21-17-40/h1-13,22-24H,14-21H2. The van der Waals surface area contributed by atoms with Gasteiger partial charge in [-0.1, -0.05) is 24.3 Å². The minimum Gasteiger partial charge on any atom is -0.378 e. The molecule has 0 amide bonds. The summed E-state index contributed by atoms with van der Waals surface area (Å²) in [5.41, 5.74) is 6.18. The molecular weight excluding hydrogens is 600 g/mol. The van der Waals surface area contributed by atoms with Gasteiger partial charge in [-0.2, -0.15) is 0 Å². The van der Waals surface area contributed by atoms with Crippen LogP contribution < -0.4 is 9.80 Å². The average molecular weight is 633 g/mol. The van der Waals surface area contributed by atoms with Crippen LogP contribution >= 0.6 is 0 Å². The van der Waals surface area contributed by atoms with Crippen LogP contribution in [-0.4, -0.2) is 79.9 Å². The van der Waals surface area contributed by atoms with Gasteiger partial charge in [0.15, 0.2) is 5.65 Å². The van der Waals surface area contributed by atoms with Crippen molar-refractivity contribution in [3.8, 4) is 22.5 Å². The van der Waals surface area contributed by atoms with E-state index in [0.717, 1.165) is 70.8 Å². The van der Waals surface area contributed by atoms with Gasteiger partial charge in [-0.3, -0.25) is 9.97 Å². The number of nitrogens with zero attached hydrogens (tertiary/aromatic N) is 6. The summed E-state index contributed by atoms with van der Waals surface area (Å²) in [5.74, 6) is 0. The molecule has 0 saturated carbocycles. The smallest absolute Gasteiger partial charge is 0.269 e. The topological polar surface area (TPSA) is 103 Å². The fourth-order valence-electron chi connectivity index (χ4n) is 6.33. The van der Waals surface area contributed by atoms with Crippen LogP contribution in [0.15, 0.2) is 102 Å². The molecule has 0 unspecified atom stereocenters. The first-order chi connectivity index (χ1) is 22.6. The number of benzene rings is 2. The molecule has 2 fully saturated rings. The molecule has 0 spiro atoms. The van der Waals surface area contributed by atoms with Crippen LogP contribution in [-0.2, 0) is 19.5 Å². The minimum absolute atomic E-state index is 0.193. The molecule has 0 radical (unpaired) electrons. The number of anilines is 2. The molecule has 8 rings (SSSR count). The fraction of sp³-hybridized carbons (Fsp3) is 0.229. The van der Waals surface area contributed by atoms with E-state index in [1.54, 1.807) is 36.5 Å². The molecule has 6 aromatic rings. The van der Waals surface area contributed by atoms with Crippen LogP contribution in [0.3, 0.4) is 0 Å². The zero-order chi connectivity index (χ0) is 31.1. The van der Waals surface area contributed by atoms with Crippen molar-refractivity contribution in [1.82, 2.24) is 18.9 Å².